The van der Waals surface area contributed by atoms with E-state index in [2.05, 4.69) is 26.5 Å². The molecule has 114 valence electrons. The summed E-state index contributed by atoms with van der Waals surface area (Å²) in [5.41, 5.74) is 0.704. The van der Waals surface area contributed by atoms with Crippen molar-refractivity contribution in [3.05, 3.63) is 53.0 Å². The third-order valence-electron chi connectivity index (χ3n) is 3.37. The fraction of sp³-hybridized carbons (Fsp3) is 0.0667. The largest absolute Gasteiger partial charge is 0.346 e. The van der Waals surface area contributed by atoms with E-state index in [0.717, 1.165) is 20.9 Å². The lowest BCUT2D eigenvalue weighted by Gasteiger charge is -2.09. The fourth-order valence-electron chi connectivity index (χ4n) is 2.31. The number of allylic oxidation sites excluding steroid dienone is 1. The average molecular weight is 341 g/mol. The van der Waals surface area contributed by atoms with Crippen molar-refractivity contribution in [1.29, 1.82) is 0 Å². The molecule has 4 aromatic heterocycles. The molecule has 1 N–H and O–H groups in total. The van der Waals surface area contributed by atoms with Crippen molar-refractivity contribution in [3.63, 3.8) is 0 Å². The summed E-state index contributed by atoms with van der Waals surface area (Å²) in [7, 11) is 0. The molecule has 0 unspecified atom stereocenters. The average Bonchev–Trinajstić information content (AvgIpc) is 3.20. The molecule has 23 heavy (non-hydrogen) atoms. The molecule has 0 aromatic carbocycles. The van der Waals surface area contributed by atoms with Crippen LogP contribution >= 0.6 is 23.1 Å². The molecule has 0 spiro atoms. The van der Waals surface area contributed by atoms with Crippen LogP contribution in [-0.4, -0.2) is 24.5 Å². The highest BCUT2D eigenvalue weighted by Gasteiger charge is 2.15. The van der Waals surface area contributed by atoms with Crippen molar-refractivity contribution in [3.8, 4) is 0 Å². The molecule has 4 heterocycles. The molecule has 0 saturated carbocycles. The van der Waals surface area contributed by atoms with Crippen LogP contribution in [0.15, 0.2) is 57.7 Å². The summed E-state index contributed by atoms with van der Waals surface area (Å²) in [6.07, 6.45) is 5.01. The van der Waals surface area contributed by atoms with Crippen LogP contribution in [0.4, 0.5) is 0 Å². The van der Waals surface area contributed by atoms with Crippen LogP contribution in [0, 0.1) is 0 Å². The minimum absolute atomic E-state index is 0.0574. The number of aromatic amines is 1. The first kappa shape index (κ1) is 14.2. The number of nitrogens with zero attached hydrogens (tertiary/aromatic N) is 4. The number of hydrogen-bond donors (Lipinski definition) is 1. The Morgan fingerprint density at radius 1 is 1.35 bits per heavy atom. The van der Waals surface area contributed by atoms with Gasteiger partial charge in [-0.2, -0.15) is 0 Å². The molecule has 0 aliphatic rings. The Labute approximate surface area is 138 Å². The molecule has 4 rings (SSSR count). The molecule has 0 amide bonds. The summed E-state index contributed by atoms with van der Waals surface area (Å²) in [6.45, 7) is 4.13. The molecule has 4 aromatic rings. The van der Waals surface area contributed by atoms with E-state index >= 15 is 0 Å². The summed E-state index contributed by atoms with van der Waals surface area (Å²) in [5, 5.41) is 4.78. The maximum Gasteiger partial charge on any atom is 0.263 e. The minimum Gasteiger partial charge on any atom is -0.346 e. The Bertz CT molecular complexity index is 1080. The second-order valence-corrected chi connectivity index (χ2v) is 6.61. The van der Waals surface area contributed by atoms with Crippen LogP contribution in [-0.2, 0) is 6.54 Å². The number of nitrogens with one attached hydrogen (secondary N) is 1. The molecule has 8 heteroatoms. The Hall–Kier alpha value is -2.45. The van der Waals surface area contributed by atoms with Crippen molar-refractivity contribution < 1.29 is 0 Å². The van der Waals surface area contributed by atoms with E-state index in [1.54, 1.807) is 16.7 Å². The molecule has 0 aliphatic heterocycles. The number of hydrogen-bond acceptors (Lipinski definition) is 6. The Morgan fingerprint density at radius 3 is 3.13 bits per heavy atom. The van der Waals surface area contributed by atoms with E-state index in [9.17, 15) is 4.79 Å². The summed E-state index contributed by atoms with van der Waals surface area (Å²) < 4.78 is 1.62. The fourth-order valence-corrected chi connectivity index (χ4v) is 4.08. The monoisotopic (exact) mass is 341 g/mol. The van der Waals surface area contributed by atoms with Gasteiger partial charge in [-0.15, -0.1) is 17.9 Å². The highest BCUT2D eigenvalue weighted by atomic mass is 32.2. The topological polar surface area (TPSA) is 76.5 Å². The Morgan fingerprint density at radius 2 is 2.26 bits per heavy atom. The summed E-state index contributed by atoms with van der Waals surface area (Å²) in [4.78, 5) is 29.6. The van der Waals surface area contributed by atoms with Crippen LogP contribution in [0.5, 0.6) is 0 Å². The number of thiophene rings is 1. The van der Waals surface area contributed by atoms with Crippen molar-refractivity contribution in [2.24, 2.45) is 0 Å². The summed E-state index contributed by atoms with van der Waals surface area (Å²) >= 11 is 2.82. The van der Waals surface area contributed by atoms with E-state index in [1.807, 2.05) is 17.6 Å². The van der Waals surface area contributed by atoms with Gasteiger partial charge >= 0.3 is 0 Å². The molecule has 0 fully saturated rings. The van der Waals surface area contributed by atoms with Crippen LogP contribution < -0.4 is 5.56 Å². The molecule has 0 bridgehead atoms. The van der Waals surface area contributed by atoms with Crippen LogP contribution in [0.25, 0.3) is 21.3 Å². The molecule has 0 aliphatic carbocycles. The van der Waals surface area contributed by atoms with Crippen molar-refractivity contribution in [2.45, 2.75) is 16.7 Å². The zero-order chi connectivity index (χ0) is 15.8. The molecule has 0 saturated heterocycles. The predicted octanol–water partition coefficient (Wildman–Crippen LogP) is 3.07. The standard InChI is InChI=1S/C15H11N5OS2/c1-2-6-20-14(21)10-4-7-22-13(10)19-15(20)23-12-9-3-5-16-11(9)17-8-18-12/h2-5,7-8H,1,6H2,(H,16,17,18). The third kappa shape index (κ3) is 2.36. The van der Waals surface area contributed by atoms with Gasteiger partial charge < -0.3 is 4.98 Å². The van der Waals surface area contributed by atoms with Crippen molar-refractivity contribution in [2.75, 3.05) is 0 Å². The highest BCUT2D eigenvalue weighted by Crippen LogP contribution is 2.30. The van der Waals surface area contributed by atoms with Crippen molar-refractivity contribution in [1.82, 2.24) is 24.5 Å². The normalized spacial score (nSPS) is 11.3. The number of fused-ring (bicyclic) bond motifs is 2. The molecule has 0 radical (unpaired) electrons. The number of rotatable bonds is 4. The first-order valence-electron chi connectivity index (χ1n) is 6.83. The van der Waals surface area contributed by atoms with Gasteiger partial charge in [0.2, 0.25) is 0 Å². The lowest BCUT2D eigenvalue weighted by molar-refractivity contribution is 0.672. The van der Waals surface area contributed by atoms with E-state index in [1.165, 1.54) is 29.4 Å². The zero-order valence-corrected chi connectivity index (χ0v) is 13.5. The van der Waals surface area contributed by atoms with Gasteiger partial charge in [-0.3, -0.25) is 9.36 Å². The molecule has 6 nitrogen and oxygen atoms in total. The first-order valence-corrected chi connectivity index (χ1v) is 8.52. The van der Waals surface area contributed by atoms with Gasteiger partial charge in [0.15, 0.2) is 5.16 Å². The Balaban J connectivity index is 1.90. The summed E-state index contributed by atoms with van der Waals surface area (Å²) in [5.74, 6) is 0. The van der Waals surface area contributed by atoms with Gasteiger partial charge in [-0.25, -0.2) is 15.0 Å². The van der Waals surface area contributed by atoms with E-state index in [-0.39, 0.29) is 5.56 Å². The Kier molecular flexibility index (Phi) is 3.47. The molecule has 0 atom stereocenters. The maximum atomic E-state index is 12.6. The predicted molar refractivity (Wildman–Crippen MR) is 92.1 cm³/mol. The van der Waals surface area contributed by atoms with Crippen LogP contribution in [0.2, 0.25) is 0 Å². The first-order chi connectivity index (χ1) is 11.3. The number of H-pyrrole nitrogens is 1. The lowest BCUT2D eigenvalue weighted by atomic mass is 10.4. The van der Waals surface area contributed by atoms with E-state index < -0.39 is 0 Å². The maximum absolute atomic E-state index is 12.6. The van der Waals surface area contributed by atoms with Gasteiger partial charge in [0.05, 0.1) is 10.8 Å². The smallest absolute Gasteiger partial charge is 0.263 e. The van der Waals surface area contributed by atoms with E-state index in [0.29, 0.717) is 17.1 Å². The SMILES string of the molecule is C=CCn1c(Sc2ncnc3[nH]ccc23)nc2sccc2c1=O. The zero-order valence-electron chi connectivity index (χ0n) is 11.9. The van der Waals surface area contributed by atoms with Gasteiger partial charge in [-0.05, 0) is 29.3 Å². The minimum atomic E-state index is -0.0574. The van der Waals surface area contributed by atoms with Gasteiger partial charge in [0.25, 0.3) is 5.56 Å². The second-order valence-electron chi connectivity index (χ2n) is 4.76. The van der Waals surface area contributed by atoms with Gasteiger partial charge in [0.1, 0.15) is 21.8 Å². The highest BCUT2D eigenvalue weighted by molar-refractivity contribution is 7.99. The van der Waals surface area contributed by atoms with Crippen LogP contribution in [0.3, 0.4) is 0 Å². The van der Waals surface area contributed by atoms with Crippen LogP contribution in [0.1, 0.15) is 0 Å². The van der Waals surface area contributed by atoms with Gasteiger partial charge in [-0.1, -0.05) is 6.08 Å². The quantitative estimate of drug-likeness (QED) is 0.351. The lowest BCUT2D eigenvalue weighted by Crippen LogP contribution is -2.22. The van der Waals surface area contributed by atoms with Crippen molar-refractivity contribution >= 4 is 44.3 Å². The third-order valence-corrected chi connectivity index (χ3v) is 5.19. The number of aromatic nitrogens is 5. The van der Waals surface area contributed by atoms with E-state index in [4.69, 9.17) is 0 Å². The molecular formula is C15H11N5OS2. The second kappa shape index (κ2) is 5.64. The van der Waals surface area contributed by atoms with Gasteiger partial charge in [0, 0.05) is 12.7 Å². The summed E-state index contributed by atoms with van der Waals surface area (Å²) in [6, 6.07) is 3.72. The molecular weight excluding hydrogens is 330 g/mol.